The maximum atomic E-state index is 13.4. The van der Waals surface area contributed by atoms with Crippen LogP contribution < -0.4 is 9.47 Å². The predicted octanol–water partition coefficient (Wildman–Crippen LogP) is 1.44. The zero-order valence-corrected chi connectivity index (χ0v) is 17.8. The Morgan fingerprint density at radius 1 is 1.09 bits per heavy atom. The summed E-state index contributed by atoms with van der Waals surface area (Å²) in [7, 11) is 1.91. The van der Waals surface area contributed by atoms with Gasteiger partial charge in [-0.25, -0.2) is 0 Å². The standard InChI is InChI=1S/C22H26F2N4O4/c1-26-6-15(5-25-26)8-27-9-17-16(11-29)20-10-28(13-21(17,12-27)30-20)7-14-2-3-18-19(4-14)32-22(23,24)31-18/h2-6,16-17,20,29H,7-13H2,1H3/t16-,17+,20+,21-/m0/s1. The lowest BCUT2D eigenvalue weighted by Gasteiger charge is -2.40. The summed E-state index contributed by atoms with van der Waals surface area (Å²) in [5.74, 6) is 0.474. The number of halogens is 2. The van der Waals surface area contributed by atoms with Crippen LogP contribution in [0.1, 0.15) is 11.1 Å². The molecule has 0 saturated carbocycles. The second-order valence-corrected chi connectivity index (χ2v) is 9.48. The van der Waals surface area contributed by atoms with E-state index in [0.717, 1.165) is 37.3 Å². The van der Waals surface area contributed by atoms with Gasteiger partial charge in [0, 0.05) is 76.5 Å². The molecule has 10 heteroatoms. The molecule has 5 heterocycles. The first-order chi connectivity index (χ1) is 15.3. The van der Waals surface area contributed by atoms with Crippen molar-refractivity contribution < 1.29 is 28.1 Å². The molecule has 4 aliphatic rings. The van der Waals surface area contributed by atoms with Crippen molar-refractivity contribution in [3.05, 3.63) is 41.7 Å². The number of nitrogens with zero attached hydrogens (tertiary/aromatic N) is 4. The number of aliphatic hydroxyl groups is 1. The van der Waals surface area contributed by atoms with Gasteiger partial charge in [-0.3, -0.25) is 14.5 Å². The number of benzene rings is 1. The van der Waals surface area contributed by atoms with Crippen LogP contribution in [0, 0.1) is 11.8 Å². The Bertz CT molecular complexity index is 1030. The van der Waals surface area contributed by atoms with E-state index in [-0.39, 0.29) is 41.6 Å². The monoisotopic (exact) mass is 448 g/mol. The molecule has 3 saturated heterocycles. The van der Waals surface area contributed by atoms with Crippen molar-refractivity contribution >= 4 is 0 Å². The van der Waals surface area contributed by atoms with E-state index in [1.54, 1.807) is 16.8 Å². The zero-order chi connectivity index (χ0) is 22.1. The Labute approximate surface area is 184 Å². The topological polar surface area (TPSA) is 72.2 Å². The molecule has 0 unspecified atom stereocenters. The third-order valence-electron chi connectivity index (χ3n) is 7.18. The third-order valence-corrected chi connectivity index (χ3v) is 7.18. The van der Waals surface area contributed by atoms with E-state index in [1.807, 2.05) is 19.4 Å². The van der Waals surface area contributed by atoms with Gasteiger partial charge in [0.2, 0.25) is 0 Å². The molecule has 2 bridgehead atoms. The molecule has 1 spiro atoms. The number of alkyl halides is 2. The highest BCUT2D eigenvalue weighted by Crippen LogP contribution is 2.49. The van der Waals surface area contributed by atoms with Gasteiger partial charge in [-0.2, -0.15) is 5.10 Å². The van der Waals surface area contributed by atoms with Gasteiger partial charge in [0.05, 0.1) is 17.9 Å². The summed E-state index contributed by atoms with van der Waals surface area (Å²) < 4.78 is 44.2. The molecule has 2 aromatic rings. The van der Waals surface area contributed by atoms with Crippen LogP contribution in [0.25, 0.3) is 0 Å². The van der Waals surface area contributed by atoms with Crippen molar-refractivity contribution in [2.24, 2.45) is 18.9 Å². The zero-order valence-electron chi connectivity index (χ0n) is 17.8. The average Bonchev–Trinajstić information content (AvgIpc) is 3.40. The molecule has 3 fully saturated rings. The van der Waals surface area contributed by atoms with Crippen LogP contribution in [0.4, 0.5) is 8.78 Å². The lowest BCUT2D eigenvalue weighted by Crippen LogP contribution is -2.53. The van der Waals surface area contributed by atoms with Crippen LogP contribution in [0.2, 0.25) is 0 Å². The van der Waals surface area contributed by atoms with Gasteiger partial charge in [-0.05, 0) is 17.7 Å². The van der Waals surface area contributed by atoms with Gasteiger partial charge < -0.3 is 19.3 Å². The lowest BCUT2D eigenvalue weighted by atomic mass is 9.83. The second-order valence-electron chi connectivity index (χ2n) is 9.48. The first-order valence-electron chi connectivity index (χ1n) is 10.9. The summed E-state index contributed by atoms with van der Waals surface area (Å²) in [6.45, 7) is 4.61. The molecule has 1 aromatic carbocycles. The van der Waals surface area contributed by atoms with Crippen LogP contribution in [0.15, 0.2) is 30.6 Å². The molecule has 172 valence electrons. The third kappa shape index (κ3) is 3.37. The fourth-order valence-electron chi connectivity index (χ4n) is 6.03. The minimum absolute atomic E-state index is 0.0300. The number of rotatable bonds is 5. The first-order valence-corrected chi connectivity index (χ1v) is 10.9. The maximum absolute atomic E-state index is 13.4. The van der Waals surface area contributed by atoms with E-state index in [4.69, 9.17) is 4.74 Å². The van der Waals surface area contributed by atoms with Gasteiger partial charge in [-0.15, -0.1) is 8.78 Å². The Balaban J connectivity index is 1.19. The average molecular weight is 448 g/mol. The number of fused-ring (bicyclic) bond motifs is 2. The molecule has 1 N–H and O–H groups in total. The quantitative estimate of drug-likeness (QED) is 0.742. The number of hydrogen-bond acceptors (Lipinski definition) is 7. The fraction of sp³-hybridized carbons (Fsp3) is 0.591. The number of aliphatic hydroxyl groups excluding tert-OH is 1. The van der Waals surface area contributed by atoms with Crippen LogP contribution >= 0.6 is 0 Å². The number of aryl methyl sites for hydroxylation is 1. The molecule has 8 nitrogen and oxygen atoms in total. The molecule has 0 aliphatic carbocycles. The van der Waals surface area contributed by atoms with E-state index in [2.05, 4.69) is 24.4 Å². The highest BCUT2D eigenvalue weighted by atomic mass is 19.3. The summed E-state index contributed by atoms with van der Waals surface area (Å²) in [6, 6.07) is 4.95. The largest absolute Gasteiger partial charge is 0.586 e. The Morgan fingerprint density at radius 2 is 1.84 bits per heavy atom. The molecule has 6 rings (SSSR count). The molecule has 0 radical (unpaired) electrons. The first kappa shape index (κ1) is 20.3. The van der Waals surface area contributed by atoms with E-state index in [9.17, 15) is 13.9 Å². The predicted molar refractivity (Wildman–Crippen MR) is 108 cm³/mol. The Kier molecular flexibility index (Phi) is 4.52. The van der Waals surface area contributed by atoms with Crippen molar-refractivity contribution in [1.82, 2.24) is 19.6 Å². The molecule has 32 heavy (non-hydrogen) atoms. The number of hydrogen-bond donors (Lipinski definition) is 1. The molecule has 0 amide bonds. The van der Waals surface area contributed by atoms with Crippen LogP contribution in [0.3, 0.4) is 0 Å². The molecule has 1 aromatic heterocycles. The molecular formula is C22H26F2N4O4. The summed E-state index contributed by atoms with van der Waals surface area (Å²) in [6.07, 6.45) is 0.267. The number of likely N-dealkylation sites (tertiary alicyclic amines) is 2. The van der Waals surface area contributed by atoms with Crippen LogP contribution in [-0.4, -0.2) is 75.5 Å². The normalized spacial score (nSPS) is 33.1. The maximum Gasteiger partial charge on any atom is 0.586 e. The number of ether oxygens (including phenoxy) is 3. The number of aromatic nitrogens is 2. The smallest absolute Gasteiger partial charge is 0.396 e. The van der Waals surface area contributed by atoms with E-state index >= 15 is 0 Å². The van der Waals surface area contributed by atoms with Crippen LogP contribution in [-0.2, 0) is 24.9 Å². The summed E-state index contributed by atoms with van der Waals surface area (Å²) in [4.78, 5) is 4.69. The summed E-state index contributed by atoms with van der Waals surface area (Å²) in [5, 5.41) is 14.4. The molecule has 4 aliphatic heterocycles. The number of morpholine rings is 1. The van der Waals surface area contributed by atoms with Gasteiger partial charge in [0.15, 0.2) is 11.5 Å². The minimum Gasteiger partial charge on any atom is -0.396 e. The highest BCUT2D eigenvalue weighted by molar-refractivity contribution is 5.45. The Morgan fingerprint density at radius 3 is 2.59 bits per heavy atom. The minimum atomic E-state index is -3.61. The van der Waals surface area contributed by atoms with E-state index in [0.29, 0.717) is 13.1 Å². The highest BCUT2D eigenvalue weighted by Gasteiger charge is 2.62. The lowest BCUT2D eigenvalue weighted by molar-refractivity contribution is -0.286. The van der Waals surface area contributed by atoms with Gasteiger partial charge in [0.25, 0.3) is 0 Å². The van der Waals surface area contributed by atoms with Crippen LogP contribution in [0.5, 0.6) is 11.5 Å². The fourth-order valence-corrected chi connectivity index (χ4v) is 6.03. The van der Waals surface area contributed by atoms with Crippen molar-refractivity contribution in [1.29, 1.82) is 0 Å². The van der Waals surface area contributed by atoms with Gasteiger partial charge >= 0.3 is 6.29 Å². The summed E-state index contributed by atoms with van der Waals surface area (Å²) >= 11 is 0. The van der Waals surface area contributed by atoms with E-state index < -0.39 is 6.29 Å². The Hall–Kier alpha value is -2.27. The van der Waals surface area contributed by atoms with Crippen molar-refractivity contribution in [3.8, 4) is 11.5 Å². The van der Waals surface area contributed by atoms with Gasteiger partial charge in [0.1, 0.15) is 0 Å². The molecule has 4 atom stereocenters. The van der Waals surface area contributed by atoms with E-state index in [1.165, 1.54) is 6.07 Å². The van der Waals surface area contributed by atoms with Crippen molar-refractivity contribution in [3.63, 3.8) is 0 Å². The summed E-state index contributed by atoms with van der Waals surface area (Å²) in [5.41, 5.74) is 1.71. The van der Waals surface area contributed by atoms with Crippen molar-refractivity contribution in [2.45, 2.75) is 31.1 Å². The van der Waals surface area contributed by atoms with Crippen molar-refractivity contribution in [2.75, 3.05) is 32.8 Å². The second kappa shape index (κ2) is 7.11. The molecular weight excluding hydrogens is 422 g/mol. The SMILES string of the molecule is Cn1cc(CN2C[C@@H]3[C@H](CO)[C@H]4CN(Cc5ccc6c(c5)OC(F)(F)O6)C[C@]3(C2)O4)cn1. The van der Waals surface area contributed by atoms with Gasteiger partial charge in [-0.1, -0.05) is 6.07 Å².